The molecular formula is C14H14N2O2. The fraction of sp³-hybridized carbons (Fsp3) is 0.286. The number of benzene rings is 1. The van der Waals surface area contributed by atoms with Gasteiger partial charge in [0.25, 0.3) is 0 Å². The molecule has 4 nitrogen and oxygen atoms in total. The van der Waals surface area contributed by atoms with Crippen molar-refractivity contribution < 1.29 is 9.47 Å². The molecule has 0 saturated carbocycles. The molecule has 0 aliphatic carbocycles. The van der Waals surface area contributed by atoms with E-state index >= 15 is 0 Å². The monoisotopic (exact) mass is 242 g/mol. The molecule has 92 valence electrons. The third kappa shape index (κ3) is 2.49. The molecule has 1 aromatic carbocycles. The summed E-state index contributed by atoms with van der Waals surface area (Å²) in [5.74, 6) is 1.41. The topological polar surface area (TPSA) is 44.2 Å². The number of hydrogen-bond acceptors (Lipinski definition) is 4. The largest absolute Gasteiger partial charge is 0.485 e. The first kappa shape index (κ1) is 11.2. The molecular weight excluding hydrogens is 228 g/mol. The summed E-state index contributed by atoms with van der Waals surface area (Å²) in [5, 5.41) is 0. The Morgan fingerprint density at radius 3 is 2.56 bits per heavy atom. The Hall–Kier alpha value is -1.94. The van der Waals surface area contributed by atoms with Crippen LogP contribution in [0.5, 0.6) is 5.75 Å². The van der Waals surface area contributed by atoms with Gasteiger partial charge >= 0.3 is 0 Å². The van der Waals surface area contributed by atoms with Crippen LogP contribution in [-0.2, 0) is 4.74 Å². The Kier molecular flexibility index (Phi) is 3.19. The van der Waals surface area contributed by atoms with Crippen molar-refractivity contribution in [2.45, 2.75) is 12.5 Å². The van der Waals surface area contributed by atoms with E-state index in [4.69, 9.17) is 9.47 Å². The summed E-state index contributed by atoms with van der Waals surface area (Å²) in [4.78, 5) is 8.63. The zero-order valence-electron chi connectivity index (χ0n) is 9.95. The Morgan fingerprint density at radius 1 is 1.11 bits per heavy atom. The molecule has 1 aliphatic rings. The van der Waals surface area contributed by atoms with Crippen molar-refractivity contribution in [3.63, 3.8) is 0 Å². The van der Waals surface area contributed by atoms with Gasteiger partial charge in [-0.2, -0.15) is 0 Å². The van der Waals surface area contributed by atoms with E-state index in [0.717, 1.165) is 18.6 Å². The molecule has 0 bridgehead atoms. The summed E-state index contributed by atoms with van der Waals surface area (Å²) in [6.45, 7) is 1.42. The zero-order valence-corrected chi connectivity index (χ0v) is 9.95. The Bertz CT molecular complexity index is 493. The highest BCUT2D eigenvalue weighted by molar-refractivity contribution is 5.54. The molecule has 1 fully saturated rings. The summed E-state index contributed by atoms with van der Waals surface area (Å²) < 4.78 is 11.0. The van der Waals surface area contributed by atoms with Crippen molar-refractivity contribution in [2.75, 3.05) is 13.2 Å². The van der Waals surface area contributed by atoms with Gasteiger partial charge in [-0.25, -0.2) is 9.97 Å². The van der Waals surface area contributed by atoms with E-state index in [0.29, 0.717) is 18.2 Å². The maximum Gasteiger partial charge on any atom is 0.159 e. The molecule has 4 heteroatoms. The van der Waals surface area contributed by atoms with E-state index in [9.17, 15) is 0 Å². The van der Waals surface area contributed by atoms with Gasteiger partial charge in [-0.05, 0) is 0 Å². The first-order valence-electron chi connectivity index (χ1n) is 6.04. The lowest BCUT2D eigenvalue weighted by Gasteiger charge is -2.10. The van der Waals surface area contributed by atoms with Crippen molar-refractivity contribution in [1.82, 2.24) is 9.97 Å². The third-order valence-electron chi connectivity index (χ3n) is 2.85. The first-order valence-corrected chi connectivity index (χ1v) is 6.04. The summed E-state index contributed by atoms with van der Waals surface area (Å²) in [6.07, 6.45) is 4.50. The van der Waals surface area contributed by atoms with Crippen LogP contribution in [0.15, 0.2) is 42.7 Å². The molecule has 2 heterocycles. The second-order valence-electron chi connectivity index (χ2n) is 4.21. The normalized spacial score (nSPS) is 18.8. The van der Waals surface area contributed by atoms with E-state index in [2.05, 4.69) is 9.97 Å². The summed E-state index contributed by atoms with van der Waals surface area (Å²) in [5.41, 5.74) is 1.01. The van der Waals surface area contributed by atoms with Gasteiger partial charge in [0.15, 0.2) is 11.6 Å². The number of rotatable bonds is 3. The molecule has 0 spiro atoms. The summed E-state index contributed by atoms with van der Waals surface area (Å²) in [6, 6.07) is 9.89. The van der Waals surface area contributed by atoms with E-state index in [1.807, 2.05) is 30.3 Å². The number of aromatic nitrogens is 2. The molecule has 0 radical (unpaired) electrons. The van der Waals surface area contributed by atoms with Gasteiger partial charge in [0.05, 0.1) is 25.6 Å². The highest BCUT2D eigenvalue weighted by Crippen LogP contribution is 2.18. The molecule has 1 saturated heterocycles. The predicted molar refractivity (Wildman–Crippen MR) is 67.3 cm³/mol. The Balaban J connectivity index is 1.72. The van der Waals surface area contributed by atoms with Crippen LogP contribution < -0.4 is 4.74 Å². The van der Waals surface area contributed by atoms with Gasteiger partial charge in [0.1, 0.15) is 6.10 Å². The maximum atomic E-state index is 5.72. The van der Waals surface area contributed by atoms with Crippen molar-refractivity contribution in [1.29, 1.82) is 0 Å². The third-order valence-corrected chi connectivity index (χ3v) is 2.85. The van der Waals surface area contributed by atoms with Gasteiger partial charge in [-0.3, -0.25) is 0 Å². The minimum absolute atomic E-state index is 0.135. The van der Waals surface area contributed by atoms with Gasteiger partial charge in [-0.15, -0.1) is 0 Å². The second kappa shape index (κ2) is 5.14. The van der Waals surface area contributed by atoms with Crippen molar-refractivity contribution >= 4 is 0 Å². The zero-order chi connectivity index (χ0) is 12.2. The van der Waals surface area contributed by atoms with Crippen molar-refractivity contribution in [3.05, 3.63) is 42.7 Å². The SMILES string of the molecule is c1ccc(-c2ncc(OC3CCOC3)cn2)cc1. The lowest BCUT2D eigenvalue weighted by atomic mass is 10.2. The number of nitrogens with zero attached hydrogens (tertiary/aromatic N) is 2. The Morgan fingerprint density at radius 2 is 1.89 bits per heavy atom. The molecule has 3 rings (SSSR count). The number of hydrogen-bond donors (Lipinski definition) is 0. The van der Waals surface area contributed by atoms with Crippen LogP contribution in [0.3, 0.4) is 0 Å². The van der Waals surface area contributed by atoms with Crippen LogP contribution >= 0.6 is 0 Å². The number of ether oxygens (including phenoxy) is 2. The molecule has 2 aromatic rings. The fourth-order valence-electron chi connectivity index (χ4n) is 1.91. The molecule has 1 aliphatic heterocycles. The molecule has 1 aromatic heterocycles. The van der Waals surface area contributed by atoms with Crippen molar-refractivity contribution in [2.24, 2.45) is 0 Å². The second-order valence-corrected chi connectivity index (χ2v) is 4.21. The van der Waals surface area contributed by atoms with E-state index < -0.39 is 0 Å². The van der Waals surface area contributed by atoms with E-state index in [1.54, 1.807) is 12.4 Å². The average Bonchev–Trinajstić information content (AvgIpc) is 2.94. The quantitative estimate of drug-likeness (QED) is 0.828. The first-order chi connectivity index (χ1) is 8.92. The highest BCUT2D eigenvalue weighted by Gasteiger charge is 2.17. The standard InChI is InChI=1S/C14H14N2O2/c1-2-4-11(5-3-1)14-15-8-13(9-16-14)18-12-6-7-17-10-12/h1-5,8-9,12H,6-7,10H2. The van der Waals surface area contributed by atoms with Crippen LogP contribution in [0.4, 0.5) is 0 Å². The van der Waals surface area contributed by atoms with Gasteiger partial charge in [0, 0.05) is 12.0 Å². The van der Waals surface area contributed by atoms with E-state index in [1.165, 1.54) is 0 Å². The Labute approximate surface area is 106 Å². The molecule has 0 N–H and O–H groups in total. The minimum Gasteiger partial charge on any atom is -0.485 e. The van der Waals surface area contributed by atoms with Gasteiger partial charge in [-0.1, -0.05) is 30.3 Å². The molecule has 18 heavy (non-hydrogen) atoms. The summed E-state index contributed by atoms with van der Waals surface area (Å²) in [7, 11) is 0. The molecule has 0 amide bonds. The van der Waals surface area contributed by atoms with Crippen molar-refractivity contribution in [3.8, 4) is 17.1 Å². The maximum absolute atomic E-state index is 5.72. The lowest BCUT2D eigenvalue weighted by molar-refractivity contribution is 0.141. The summed E-state index contributed by atoms with van der Waals surface area (Å²) >= 11 is 0. The molecule has 1 unspecified atom stereocenters. The van der Waals surface area contributed by atoms with Crippen LogP contribution in [0.1, 0.15) is 6.42 Å². The fourth-order valence-corrected chi connectivity index (χ4v) is 1.91. The van der Waals surface area contributed by atoms with E-state index in [-0.39, 0.29) is 6.10 Å². The van der Waals surface area contributed by atoms with Crippen LogP contribution in [-0.4, -0.2) is 29.3 Å². The molecule has 1 atom stereocenters. The van der Waals surface area contributed by atoms with Crippen LogP contribution in [0.25, 0.3) is 11.4 Å². The van der Waals surface area contributed by atoms with Gasteiger partial charge < -0.3 is 9.47 Å². The smallest absolute Gasteiger partial charge is 0.159 e. The van der Waals surface area contributed by atoms with Crippen LogP contribution in [0.2, 0.25) is 0 Å². The lowest BCUT2D eigenvalue weighted by Crippen LogP contribution is -2.15. The minimum atomic E-state index is 0.135. The average molecular weight is 242 g/mol. The highest BCUT2D eigenvalue weighted by atomic mass is 16.5. The predicted octanol–water partition coefficient (Wildman–Crippen LogP) is 2.31. The van der Waals surface area contributed by atoms with Crippen LogP contribution in [0, 0.1) is 0 Å². The van der Waals surface area contributed by atoms with Gasteiger partial charge in [0.2, 0.25) is 0 Å².